The second-order valence-electron chi connectivity index (χ2n) is 4.22. The largest absolute Gasteiger partial charge is 0.462 e. The molecule has 21 heavy (non-hydrogen) atoms. The summed E-state index contributed by atoms with van der Waals surface area (Å²) in [5.41, 5.74) is 0.830. The van der Waals surface area contributed by atoms with Crippen LogP contribution in [0.15, 0.2) is 36.5 Å². The normalized spacial score (nSPS) is 10.2. The van der Waals surface area contributed by atoms with E-state index >= 15 is 0 Å². The number of aromatic nitrogens is 1. The summed E-state index contributed by atoms with van der Waals surface area (Å²) in [5, 5.41) is 2.91. The second-order valence-corrected chi connectivity index (χ2v) is 4.22. The number of nitrogens with zero attached hydrogens (tertiary/aromatic N) is 1. The highest BCUT2D eigenvalue weighted by molar-refractivity contribution is 5.94. The molecule has 0 saturated carbocycles. The zero-order valence-electron chi connectivity index (χ0n) is 11.4. The Bertz CT molecular complexity index is 647. The predicted octanol–water partition coefficient (Wildman–Crippen LogP) is 3.15. The van der Waals surface area contributed by atoms with Crippen LogP contribution in [-0.4, -0.2) is 17.6 Å². The molecule has 110 valence electrons. The van der Waals surface area contributed by atoms with Gasteiger partial charge in [-0.25, -0.2) is 18.6 Å². The van der Waals surface area contributed by atoms with Gasteiger partial charge in [0.05, 0.1) is 6.61 Å². The number of carbonyl (C=O) groups is 1. The van der Waals surface area contributed by atoms with Crippen LogP contribution in [0.25, 0.3) is 0 Å². The van der Waals surface area contributed by atoms with Crippen molar-refractivity contribution < 1.29 is 18.3 Å². The molecule has 6 heteroatoms. The number of ether oxygens (including phenoxy) is 1. The van der Waals surface area contributed by atoms with Gasteiger partial charge in [-0.3, -0.25) is 0 Å². The van der Waals surface area contributed by atoms with Crippen LogP contribution >= 0.6 is 0 Å². The van der Waals surface area contributed by atoms with E-state index in [2.05, 4.69) is 10.3 Å². The molecule has 4 nitrogen and oxygen atoms in total. The zero-order valence-corrected chi connectivity index (χ0v) is 11.4. The Morgan fingerprint density at radius 3 is 2.81 bits per heavy atom. The third-order valence-corrected chi connectivity index (χ3v) is 2.75. The number of carbonyl (C=O) groups excluding carboxylic acids is 1. The predicted molar refractivity (Wildman–Crippen MR) is 73.9 cm³/mol. The van der Waals surface area contributed by atoms with E-state index in [0.717, 1.165) is 12.1 Å². The first kappa shape index (κ1) is 14.9. The van der Waals surface area contributed by atoms with E-state index in [-0.39, 0.29) is 13.2 Å². The third-order valence-electron chi connectivity index (χ3n) is 2.75. The minimum absolute atomic E-state index is 0.209. The Morgan fingerprint density at radius 1 is 1.29 bits per heavy atom. The Hall–Kier alpha value is -2.50. The molecule has 2 aromatic rings. The molecular formula is C15H14F2N2O2. The van der Waals surface area contributed by atoms with Gasteiger partial charge in [-0.2, -0.15) is 0 Å². The van der Waals surface area contributed by atoms with Crippen LogP contribution in [0.3, 0.4) is 0 Å². The highest BCUT2D eigenvalue weighted by Crippen LogP contribution is 2.15. The maximum absolute atomic E-state index is 13.1. The summed E-state index contributed by atoms with van der Waals surface area (Å²) in [6, 6.07) is 6.80. The fourth-order valence-corrected chi connectivity index (χ4v) is 1.76. The molecule has 0 amide bonds. The highest BCUT2D eigenvalue weighted by Gasteiger charge is 2.13. The van der Waals surface area contributed by atoms with Gasteiger partial charge in [-0.15, -0.1) is 0 Å². The summed E-state index contributed by atoms with van der Waals surface area (Å²) in [6.45, 7) is 2.18. The van der Waals surface area contributed by atoms with Gasteiger partial charge in [0.15, 0.2) is 11.6 Å². The minimum atomic E-state index is -0.916. The monoisotopic (exact) mass is 292 g/mol. The first-order valence-corrected chi connectivity index (χ1v) is 6.41. The molecule has 0 atom stereocenters. The number of esters is 1. The lowest BCUT2D eigenvalue weighted by Gasteiger charge is -2.10. The number of hydrogen-bond donors (Lipinski definition) is 1. The van der Waals surface area contributed by atoms with Gasteiger partial charge in [0, 0.05) is 12.7 Å². The summed E-state index contributed by atoms with van der Waals surface area (Å²) >= 11 is 0. The van der Waals surface area contributed by atoms with Crippen molar-refractivity contribution in [2.75, 3.05) is 11.9 Å². The highest BCUT2D eigenvalue weighted by atomic mass is 19.2. The van der Waals surface area contributed by atoms with Gasteiger partial charge >= 0.3 is 5.97 Å². The summed E-state index contributed by atoms with van der Waals surface area (Å²) in [7, 11) is 0. The molecular weight excluding hydrogens is 278 g/mol. The van der Waals surface area contributed by atoms with Crippen molar-refractivity contribution >= 4 is 11.8 Å². The Labute approximate surface area is 120 Å². The molecule has 0 saturated heterocycles. The van der Waals surface area contributed by atoms with E-state index in [1.807, 2.05) is 0 Å². The topological polar surface area (TPSA) is 51.2 Å². The molecule has 0 radical (unpaired) electrons. The lowest BCUT2D eigenvalue weighted by molar-refractivity contribution is 0.0527. The number of halogens is 2. The van der Waals surface area contributed by atoms with Crippen LogP contribution in [0.2, 0.25) is 0 Å². The van der Waals surface area contributed by atoms with E-state index in [0.29, 0.717) is 16.9 Å². The van der Waals surface area contributed by atoms with Crippen LogP contribution in [0.1, 0.15) is 22.8 Å². The number of benzene rings is 1. The number of hydrogen-bond acceptors (Lipinski definition) is 4. The summed E-state index contributed by atoms with van der Waals surface area (Å²) in [4.78, 5) is 15.8. The zero-order chi connectivity index (χ0) is 15.2. The summed E-state index contributed by atoms with van der Waals surface area (Å²) < 4.78 is 30.9. The quantitative estimate of drug-likeness (QED) is 0.860. The average molecular weight is 292 g/mol. The Balaban J connectivity index is 2.12. The Kier molecular flexibility index (Phi) is 4.81. The number of anilines is 1. The van der Waals surface area contributed by atoms with Crippen molar-refractivity contribution in [1.82, 2.24) is 4.98 Å². The first-order valence-electron chi connectivity index (χ1n) is 6.41. The minimum Gasteiger partial charge on any atom is -0.462 e. The van der Waals surface area contributed by atoms with E-state index in [1.165, 1.54) is 12.3 Å². The molecule has 1 N–H and O–H groups in total. The van der Waals surface area contributed by atoms with Crippen LogP contribution < -0.4 is 5.32 Å². The van der Waals surface area contributed by atoms with Gasteiger partial charge in [-0.05, 0) is 36.8 Å². The lowest BCUT2D eigenvalue weighted by Crippen LogP contribution is -2.11. The number of pyridine rings is 1. The third kappa shape index (κ3) is 3.75. The fourth-order valence-electron chi connectivity index (χ4n) is 1.76. The van der Waals surface area contributed by atoms with E-state index < -0.39 is 17.6 Å². The van der Waals surface area contributed by atoms with Crippen molar-refractivity contribution in [1.29, 1.82) is 0 Å². The first-order chi connectivity index (χ1) is 10.1. The number of nitrogens with one attached hydrogen (secondary N) is 1. The van der Waals surface area contributed by atoms with Crippen molar-refractivity contribution in [2.45, 2.75) is 13.5 Å². The van der Waals surface area contributed by atoms with Crippen molar-refractivity contribution in [2.24, 2.45) is 0 Å². The summed E-state index contributed by atoms with van der Waals surface area (Å²) in [6.07, 6.45) is 1.52. The molecule has 0 fully saturated rings. The number of rotatable bonds is 5. The fraction of sp³-hybridized carbons (Fsp3) is 0.200. The Morgan fingerprint density at radius 2 is 2.10 bits per heavy atom. The smallest absolute Gasteiger partial charge is 0.341 e. The maximum Gasteiger partial charge on any atom is 0.341 e. The van der Waals surface area contributed by atoms with Gasteiger partial charge in [0.2, 0.25) is 0 Å². The standard InChI is InChI=1S/C15H14F2N2O2/c1-2-21-15(20)11-4-3-7-18-14(11)19-9-10-5-6-12(16)13(17)8-10/h3-8H,2,9H2,1H3,(H,18,19). The van der Waals surface area contributed by atoms with Crippen LogP contribution in [0.5, 0.6) is 0 Å². The maximum atomic E-state index is 13.1. The molecule has 0 aliphatic carbocycles. The van der Waals surface area contributed by atoms with E-state index in [9.17, 15) is 13.6 Å². The molecule has 2 rings (SSSR count). The molecule has 0 unspecified atom stereocenters. The van der Waals surface area contributed by atoms with Crippen molar-refractivity contribution in [3.8, 4) is 0 Å². The molecule has 1 aromatic heterocycles. The van der Waals surface area contributed by atoms with Crippen LogP contribution in [0, 0.1) is 11.6 Å². The van der Waals surface area contributed by atoms with Gasteiger partial charge in [0.1, 0.15) is 11.4 Å². The van der Waals surface area contributed by atoms with Crippen molar-refractivity contribution in [3.05, 3.63) is 59.3 Å². The molecule has 0 aliphatic rings. The lowest BCUT2D eigenvalue weighted by atomic mass is 10.2. The van der Waals surface area contributed by atoms with E-state index in [4.69, 9.17) is 4.74 Å². The van der Waals surface area contributed by atoms with Crippen LogP contribution in [0.4, 0.5) is 14.6 Å². The molecule has 1 aromatic carbocycles. The van der Waals surface area contributed by atoms with Gasteiger partial charge in [-0.1, -0.05) is 6.07 Å². The second kappa shape index (κ2) is 6.78. The molecule has 0 spiro atoms. The van der Waals surface area contributed by atoms with Gasteiger partial charge in [0.25, 0.3) is 0 Å². The summed E-state index contributed by atoms with van der Waals surface area (Å²) in [5.74, 6) is -1.97. The SMILES string of the molecule is CCOC(=O)c1cccnc1NCc1ccc(F)c(F)c1. The van der Waals surface area contributed by atoms with Crippen molar-refractivity contribution in [3.63, 3.8) is 0 Å². The average Bonchev–Trinajstić information content (AvgIpc) is 2.49. The molecule has 1 heterocycles. The van der Waals surface area contributed by atoms with E-state index in [1.54, 1.807) is 19.1 Å². The molecule has 0 aliphatic heterocycles. The van der Waals surface area contributed by atoms with Crippen LogP contribution in [-0.2, 0) is 11.3 Å². The molecule has 0 bridgehead atoms. The van der Waals surface area contributed by atoms with Gasteiger partial charge < -0.3 is 10.1 Å².